The van der Waals surface area contributed by atoms with E-state index in [9.17, 15) is 8.42 Å². The van der Waals surface area contributed by atoms with Gasteiger partial charge in [-0.15, -0.1) is 0 Å². The molecule has 96 valence electrons. The standard InChI is InChI=1S/C11H24N2O2S/c1-3-8-13(16(14,15)9-4-2)10-11-6-5-7-12-11/h11-12H,3-10H2,1-2H3. The van der Waals surface area contributed by atoms with E-state index in [-0.39, 0.29) is 5.75 Å². The van der Waals surface area contributed by atoms with Gasteiger partial charge in [0.25, 0.3) is 0 Å². The summed E-state index contributed by atoms with van der Waals surface area (Å²) < 4.78 is 25.7. The van der Waals surface area contributed by atoms with Crippen molar-refractivity contribution in [1.29, 1.82) is 0 Å². The highest BCUT2D eigenvalue weighted by Gasteiger charge is 2.25. The summed E-state index contributed by atoms with van der Waals surface area (Å²) in [6, 6.07) is 0.359. The van der Waals surface area contributed by atoms with Gasteiger partial charge in [-0.25, -0.2) is 12.7 Å². The third kappa shape index (κ3) is 4.03. The van der Waals surface area contributed by atoms with Gasteiger partial charge in [-0.05, 0) is 32.2 Å². The molecule has 1 unspecified atom stereocenters. The van der Waals surface area contributed by atoms with E-state index < -0.39 is 10.0 Å². The molecule has 0 bridgehead atoms. The molecule has 5 heteroatoms. The first-order valence-electron chi connectivity index (χ1n) is 6.31. The SMILES string of the molecule is CCCN(CC1CCCN1)S(=O)(=O)CCC. The fraction of sp³-hybridized carbons (Fsp3) is 1.00. The first-order valence-corrected chi connectivity index (χ1v) is 7.92. The van der Waals surface area contributed by atoms with Crippen molar-refractivity contribution in [2.75, 3.05) is 25.4 Å². The molecule has 0 saturated carbocycles. The minimum Gasteiger partial charge on any atom is -0.313 e. The first kappa shape index (κ1) is 13.9. The second-order valence-corrected chi connectivity index (χ2v) is 6.56. The number of nitrogens with zero attached hydrogens (tertiary/aromatic N) is 1. The predicted octanol–water partition coefficient (Wildman–Crippen LogP) is 1.19. The fourth-order valence-electron chi connectivity index (χ4n) is 2.14. The molecule has 0 aromatic carbocycles. The number of nitrogens with one attached hydrogen (secondary N) is 1. The summed E-state index contributed by atoms with van der Waals surface area (Å²) in [7, 11) is -3.03. The van der Waals surface area contributed by atoms with E-state index in [1.807, 2.05) is 13.8 Å². The molecule has 1 aliphatic rings. The molecule has 0 aromatic heterocycles. The van der Waals surface area contributed by atoms with Gasteiger partial charge < -0.3 is 5.32 Å². The Morgan fingerprint density at radius 1 is 1.31 bits per heavy atom. The van der Waals surface area contributed by atoms with Crippen LogP contribution < -0.4 is 5.32 Å². The largest absolute Gasteiger partial charge is 0.313 e. The second kappa shape index (κ2) is 6.57. The molecule has 0 aromatic rings. The Bertz CT molecular complexity index is 284. The van der Waals surface area contributed by atoms with Gasteiger partial charge in [0.05, 0.1) is 5.75 Å². The molecule has 16 heavy (non-hydrogen) atoms. The summed E-state index contributed by atoms with van der Waals surface area (Å²) in [4.78, 5) is 0. The van der Waals surface area contributed by atoms with E-state index in [0.717, 1.165) is 19.4 Å². The topological polar surface area (TPSA) is 49.4 Å². The maximum Gasteiger partial charge on any atom is 0.214 e. The van der Waals surface area contributed by atoms with E-state index in [4.69, 9.17) is 0 Å². The lowest BCUT2D eigenvalue weighted by atomic mass is 10.2. The highest BCUT2D eigenvalue weighted by atomic mass is 32.2. The van der Waals surface area contributed by atoms with Gasteiger partial charge in [-0.2, -0.15) is 0 Å². The average molecular weight is 248 g/mol. The molecular weight excluding hydrogens is 224 g/mol. The van der Waals surface area contributed by atoms with Crippen LogP contribution in [0.3, 0.4) is 0 Å². The molecule has 0 radical (unpaired) electrons. The van der Waals surface area contributed by atoms with Gasteiger partial charge in [0.1, 0.15) is 0 Å². The van der Waals surface area contributed by atoms with Crippen LogP contribution in [0.4, 0.5) is 0 Å². The molecule has 1 aliphatic heterocycles. The molecule has 1 rings (SSSR count). The van der Waals surface area contributed by atoms with Crippen LogP contribution in [0.25, 0.3) is 0 Å². The molecular formula is C11H24N2O2S. The number of sulfonamides is 1. The zero-order chi connectivity index (χ0) is 12.0. The molecule has 1 heterocycles. The minimum absolute atomic E-state index is 0.277. The lowest BCUT2D eigenvalue weighted by Gasteiger charge is -2.24. The van der Waals surface area contributed by atoms with Crippen molar-refractivity contribution >= 4 is 10.0 Å². The molecule has 1 N–H and O–H groups in total. The summed E-state index contributed by atoms with van der Waals surface area (Å²) in [5, 5.41) is 3.35. The molecule has 0 aliphatic carbocycles. The van der Waals surface area contributed by atoms with Crippen molar-refractivity contribution in [2.24, 2.45) is 0 Å². The normalized spacial score (nSPS) is 21.8. The Hall–Kier alpha value is -0.130. The third-order valence-corrected chi connectivity index (χ3v) is 4.96. The molecule has 4 nitrogen and oxygen atoms in total. The maximum atomic E-state index is 12.0. The third-order valence-electron chi connectivity index (χ3n) is 2.91. The molecule has 1 atom stereocenters. The predicted molar refractivity (Wildman–Crippen MR) is 67.0 cm³/mol. The maximum absolute atomic E-state index is 12.0. The van der Waals surface area contributed by atoms with Gasteiger partial charge >= 0.3 is 0 Å². The zero-order valence-corrected chi connectivity index (χ0v) is 11.2. The van der Waals surface area contributed by atoms with E-state index in [1.54, 1.807) is 4.31 Å². The monoisotopic (exact) mass is 248 g/mol. The Kier molecular flexibility index (Phi) is 5.72. The van der Waals surface area contributed by atoms with E-state index in [1.165, 1.54) is 6.42 Å². The van der Waals surface area contributed by atoms with Crippen LogP contribution in [0, 0.1) is 0 Å². The molecule has 1 saturated heterocycles. The number of rotatable bonds is 7. The number of hydrogen-bond donors (Lipinski definition) is 1. The van der Waals surface area contributed by atoms with E-state index in [2.05, 4.69) is 5.32 Å². The quantitative estimate of drug-likeness (QED) is 0.736. The zero-order valence-electron chi connectivity index (χ0n) is 10.4. The molecule has 0 spiro atoms. The second-order valence-electron chi connectivity index (χ2n) is 4.47. The van der Waals surface area contributed by atoms with E-state index in [0.29, 0.717) is 25.6 Å². The van der Waals surface area contributed by atoms with E-state index >= 15 is 0 Å². The smallest absolute Gasteiger partial charge is 0.214 e. The molecule has 0 amide bonds. The molecule has 1 fully saturated rings. The van der Waals surface area contributed by atoms with Gasteiger partial charge in [-0.1, -0.05) is 13.8 Å². The van der Waals surface area contributed by atoms with Crippen molar-refractivity contribution in [2.45, 2.75) is 45.6 Å². The van der Waals surface area contributed by atoms with Crippen LogP contribution in [-0.2, 0) is 10.0 Å². The summed E-state index contributed by atoms with van der Waals surface area (Å²) in [5.41, 5.74) is 0. The Morgan fingerprint density at radius 2 is 2.06 bits per heavy atom. The van der Waals surface area contributed by atoms with Crippen molar-refractivity contribution in [3.05, 3.63) is 0 Å². The fourth-order valence-corrected chi connectivity index (χ4v) is 3.78. The summed E-state index contributed by atoms with van der Waals surface area (Å²) in [5.74, 6) is 0.277. The lowest BCUT2D eigenvalue weighted by molar-refractivity contribution is 0.369. The van der Waals surface area contributed by atoms with Crippen LogP contribution in [0.5, 0.6) is 0 Å². The van der Waals surface area contributed by atoms with Crippen LogP contribution >= 0.6 is 0 Å². The van der Waals surface area contributed by atoms with Gasteiger partial charge in [0, 0.05) is 19.1 Å². The Labute approximate surface area is 99.5 Å². The van der Waals surface area contributed by atoms with Crippen molar-refractivity contribution < 1.29 is 8.42 Å². The Morgan fingerprint density at radius 3 is 2.56 bits per heavy atom. The average Bonchev–Trinajstić information content (AvgIpc) is 2.69. The van der Waals surface area contributed by atoms with Crippen molar-refractivity contribution in [3.8, 4) is 0 Å². The van der Waals surface area contributed by atoms with Crippen molar-refractivity contribution in [1.82, 2.24) is 9.62 Å². The van der Waals surface area contributed by atoms with Crippen LogP contribution in [0.15, 0.2) is 0 Å². The van der Waals surface area contributed by atoms with Crippen LogP contribution in [-0.4, -0.2) is 44.2 Å². The first-order chi connectivity index (χ1) is 7.60. The lowest BCUT2D eigenvalue weighted by Crippen LogP contribution is -2.42. The Balaban J connectivity index is 2.58. The van der Waals surface area contributed by atoms with Gasteiger partial charge in [0.2, 0.25) is 10.0 Å². The van der Waals surface area contributed by atoms with Crippen LogP contribution in [0.1, 0.15) is 39.5 Å². The summed E-state index contributed by atoms with van der Waals surface area (Å²) in [6.07, 6.45) is 3.84. The summed E-state index contributed by atoms with van der Waals surface area (Å²) >= 11 is 0. The highest BCUT2D eigenvalue weighted by Crippen LogP contribution is 2.11. The van der Waals surface area contributed by atoms with Crippen molar-refractivity contribution in [3.63, 3.8) is 0 Å². The van der Waals surface area contributed by atoms with Gasteiger partial charge in [-0.3, -0.25) is 0 Å². The number of hydrogen-bond acceptors (Lipinski definition) is 3. The van der Waals surface area contributed by atoms with Gasteiger partial charge in [0.15, 0.2) is 0 Å². The summed E-state index contributed by atoms with van der Waals surface area (Å²) in [6.45, 7) is 6.27. The van der Waals surface area contributed by atoms with Crippen LogP contribution in [0.2, 0.25) is 0 Å². The highest BCUT2D eigenvalue weighted by molar-refractivity contribution is 7.89. The minimum atomic E-state index is -3.03.